The van der Waals surface area contributed by atoms with Gasteiger partial charge in [-0.25, -0.2) is 9.36 Å². The Kier molecular flexibility index (Phi) is 5.89. The van der Waals surface area contributed by atoms with Gasteiger partial charge in [0.25, 0.3) is 5.56 Å². The number of anilines is 1. The third-order valence-electron chi connectivity index (χ3n) is 6.14. The Balaban J connectivity index is 1.80. The van der Waals surface area contributed by atoms with Crippen LogP contribution >= 0.6 is 0 Å². The van der Waals surface area contributed by atoms with Gasteiger partial charge in [0.05, 0.1) is 22.5 Å². The molecule has 1 N–H and O–H groups in total. The molecule has 2 aromatic carbocycles. The first-order chi connectivity index (χ1) is 15.7. The summed E-state index contributed by atoms with van der Waals surface area (Å²) in [7, 11) is 0. The fourth-order valence-corrected chi connectivity index (χ4v) is 4.29. The van der Waals surface area contributed by atoms with Gasteiger partial charge < -0.3 is 5.32 Å². The molecule has 33 heavy (non-hydrogen) atoms. The van der Waals surface area contributed by atoms with Gasteiger partial charge in [0.1, 0.15) is 6.04 Å². The quantitative estimate of drug-likeness (QED) is 0.484. The van der Waals surface area contributed by atoms with Crippen molar-refractivity contribution in [2.75, 3.05) is 5.32 Å². The lowest BCUT2D eigenvalue weighted by Crippen LogP contribution is -2.35. The van der Waals surface area contributed by atoms with Crippen molar-refractivity contribution in [2.45, 2.75) is 54.0 Å². The highest BCUT2D eigenvalue weighted by Crippen LogP contribution is 2.24. The SMILES string of the molecule is CCC(C(=O)Nc1c(C)cccc1C)n1nc(C)c2c(C)n(-c3ccc(C)cc3)nc2c1=O. The largest absolute Gasteiger partial charge is 0.324 e. The zero-order valence-corrected chi connectivity index (χ0v) is 19.9. The van der Waals surface area contributed by atoms with E-state index in [2.05, 4.69) is 15.5 Å². The van der Waals surface area contributed by atoms with Crippen LogP contribution in [0.4, 0.5) is 5.69 Å². The molecular formula is C26H29N5O2. The van der Waals surface area contributed by atoms with Crippen LogP contribution in [0.5, 0.6) is 0 Å². The number of nitrogens with zero attached hydrogens (tertiary/aromatic N) is 4. The Bertz CT molecular complexity index is 1390. The maximum absolute atomic E-state index is 13.5. The summed E-state index contributed by atoms with van der Waals surface area (Å²) in [6.07, 6.45) is 0.423. The normalized spacial score (nSPS) is 12.2. The monoisotopic (exact) mass is 443 g/mol. The van der Waals surface area contributed by atoms with E-state index < -0.39 is 6.04 Å². The van der Waals surface area contributed by atoms with E-state index in [1.54, 1.807) is 4.68 Å². The van der Waals surface area contributed by atoms with Crippen LogP contribution in [0, 0.1) is 34.6 Å². The molecule has 0 fully saturated rings. The van der Waals surface area contributed by atoms with E-state index >= 15 is 0 Å². The molecule has 4 aromatic rings. The van der Waals surface area contributed by atoms with Crippen LogP contribution in [0.25, 0.3) is 16.6 Å². The van der Waals surface area contributed by atoms with Crippen molar-refractivity contribution in [1.29, 1.82) is 0 Å². The Morgan fingerprint density at radius 2 is 1.61 bits per heavy atom. The summed E-state index contributed by atoms with van der Waals surface area (Å²) >= 11 is 0. The number of aryl methyl sites for hydroxylation is 5. The van der Waals surface area contributed by atoms with E-state index in [-0.39, 0.29) is 11.5 Å². The van der Waals surface area contributed by atoms with Gasteiger partial charge >= 0.3 is 0 Å². The highest BCUT2D eigenvalue weighted by atomic mass is 16.2. The summed E-state index contributed by atoms with van der Waals surface area (Å²) in [6, 6.07) is 13.1. The second kappa shape index (κ2) is 8.65. The van der Waals surface area contributed by atoms with Gasteiger partial charge in [-0.1, -0.05) is 42.8 Å². The summed E-state index contributed by atoms with van der Waals surface area (Å²) in [6.45, 7) is 11.6. The van der Waals surface area contributed by atoms with E-state index in [1.165, 1.54) is 4.68 Å². The number of carbonyl (C=O) groups excluding carboxylic acids is 1. The van der Waals surface area contributed by atoms with Crippen molar-refractivity contribution in [3.63, 3.8) is 0 Å². The number of hydrogen-bond donors (Lipinski definition) is 1. The van der Waals surface area contributed by atoms with Gasteiger partial charge in [-0.3, -0.25) is 9.59 Å². The van der Waals surface area contributed by atoms with Crippen molar-refractivity contribution in [2.24, 2.45) is 0 Å². The average molecular weight is 444 g/mol. The summed E-state index contributed by atoms with van der Waals surface area (Å²) in [5.41, 5.74) is 6.19. The molecule has 0 aliphatic heterocycles. The minimum absolute atomic E-state index is 0.266. The first-order valence-electron chi connectivity index (χ1n) is 11.2. The third-order valence-corrected chi connectivity index (χ3v) is 6.14. The number of amides is 1. The van der Waals surface area contributed by atoms with Gasteiger partial charge in [-0.05, 0) is 64.3 Å². The first-order valence-corrected chi connectivity index (χ1v) is 11.2. The molecule has 1 amide bonds. The van der Waals surface area contributed by atoms with Crippen LogP contribution in [0.2, 0.25) is 0 Å². The maximum Gasteiger partial charge on any atom is 0.295 e. The molecule has 0 saturated carbocycles. The van der Waals surface area contributed by atoms with Crippen molar-refractivity contribution in [3.8, 4) is 5.69 Å². The van der Waals surface area contributed by atoms with Crippen LogP contribution in [-0.2, 0) is 4.79 Å². The number of aromatic nitrogens is 4. The molecule has 170 valence electrons. The summed E-state index contributed by atoms with van der Waals surface area (Å²) in [5, 5.41) is 12.9. The third kappa shape index (κ3) is 3.95. The molecule has 7 heteroatoms. The van der Waals surface area contributed by atoms with E-state index in [4.69, 9.17) is 0 Å². The minimum atomic E-state index is -0.746. The summed E-state index contributed by atoms with van der Waals surface area (Å²) in [5.74, 6) is -0.266. The molecule has 0 aliphatic carbocycles. The van der Waals surface area contributed by atoms with Crippen LogP contribution in [0.1, 0.15) is 47.5 Å². The minimum Gasteiger partial charge on any atom is -0.324 e. The lowest BCUT2D eigenvalue weighted by molar-refractivity contribution is -0.119. The number of rotatable bonds is 5. The molecule has 0 saturated heterocycles. The number of carbonyl (C=O) groups is 1. The van der Waals surface area contributed by atoms with Crippen LogP contribution < -0.4 is 10.9 Å². The highest BCUT2D eigenvalue weighted by molar-refractivity contribution is 5.95. The fraction of sp³-hybridized carbons (Fsp3) is 0.308. The topological polar surface area (TPSA) is 81.8 Å². The second-order valence-electron chi connectivity index (χ2n) is 8.57. The van der Waals surface area contributed by atoms with Crippen molar-refractivity contribution in [1.82, 2.24) is 19.6 Å². The van der Waals surface area contributed by atoms with E-state index in [9.17, 15) is 9.59 Å². The standard InChI is InChI=1S/C26H29N5O2/c1-7-21(25(32)27-23-16(3)9-8-10-17(23)4)31-26(33)24-22(18(5)28-31)19(6)30(29-24)20-13-11-15(2)12-14-20/h8-14,21H,7H2,1-6H3,(H,27,32). The lowest BCUT2D eigenvalue weighted by atomic mass is 10.1. The molecule has 2 aromatic heterocycles. The van der Waals surface area contributed by atoms with Gasteiger partial charge in [0, 0.05) is 5.69 Å². The van der Waals surface area contributed by atoms with Crippen molar-refractivity contribution >= 4 is 22.5 Å². The number of fused-ring (bicyclic) bond motifs is 1. The fourth-order valence-electron chi connectivity index (χ4n) is 4.29. The average Bonchev–Trinajstić information content (AvgIpc) is 3.13. The Morgan fingerprint density at radius 3 is 2.21 bits per heavy atom. The molecule has 1 atom stereocenters. The number of hydrogen-bond acceptors (Lipinski definition) is 4. The van der Waals surface area contributed by atoms with Crippen molar-refractivity contribution < 1.29 is 4.79 Å². The lowest BCUT2D eigenvalue weighted by Gasteiger charge is -2.19. The molecule has 4 rings (SSSR count). The number of benzene rings is 2. The van der Waals surface area contributed by atoms with E-state index in [0.29, 0.717) is 17.6 Å². The smallest absolute Gasteiger partial charge is 0.295 e. The van der Waals surface area contributed by atoms with E-state index in [0.717, 1.165) is 39.1 Å². The zero-order chi connectivity index (χ0) is 23.9. The molecule has 1 unspecified atom stereocenters. The number of para-hydroxylation sites is 1. The molecule has 0 radical (unpaired) electrons. The Morgan fingerprint density at radius 1 is 0.970 bits per heavy atom. The van der Waals surface area contributed by atoms with Gasteiger partial charge in [0.2, 0.25) is 5.91 Å². The second-order valence-corrected chi connectivity index (χ2v) is 8.57. The Labute approximate surface area is 193 Å². The molecule has 7 nitrogen and oxygen atoms in total. The first kappa shape index (κ1) is 22.5. The number of nitrogens with one attached hydrogen (secondary N) is 1. The predicted octanol–water partition coefficient (Wildman–Crippen LogP) is 4.71. The molecule has 0 aliphatic rings. The highest BCUT2D eigenvalue weighted by Gasteiger charge is 2.26. The zero-order valence-electron chi connectivity index (χ0n) is 19.9. The maximum atomic E-state index is 13.5. The van der Waals surface area contributed by atoms with Gasteiger partial charge in [-0.15, -0.1) is 0 Å². The molecule has 0 bridgehead atoms. The van der Waals surface area contributed by atoms with Crippen LogP contribution in [0.15, 0.2) is 47.3 Å². The Hall–Kier alpha value is -3.74. The van der Waals surface area contributed by atoms with Crippen LogP contribution in [0.3, 0.4) is 0 Å². The molecule has 0 spiro atoms. The van der Waals surface area contributed by atoms with Crippen LogP contribution in [-0.4, -0.2) is 25.5 Å². The van der Waals surface area contributed by atoms with Gasteiger partial charge in [0.15, 0.2) is 5.52 Å². The molecule has 2 heterocycles. The molecular weight excluding hydrogens is 414 g/mol. The van der Waals surface area contributed by atoms with Crippen molar-refractivity contribution in [3.05, 3.63) is 80.9 Å². The summed E-state index contributed by atoms with van der Waals surface area (Å²) < 4.78 is 3.05. The van der Waals surface area contributed by atoms with Gasteiger partial charge in [-0.2, -0.15) is 10.2 Å². The predicted molar refractivity (Wildman–Crippen MR) is 131 cm³/mol. The van der Waals surface area contributed by atoms with E-state index in [1.807, 2.05) is 84.0 Å². The summed E-state index contributed by atoms with van der Waals surface area (Å²) in [4.78, 5) is 26.7.